The zero-order chi connectivity index (χ0) is 35.2. The van der Waals surface area contributed by atoms with Crippen molar-refractivity contribution in [2.75, 3.05) is 64.9 Å². The van der Waals surface area contributed by atoms with Crippen molar-refractivity contribution in [1.29, 1.82) is 0 Å². The first kappa shape index (κ1) is 47.6. The summed E-state index contributed by atoms with van der Waals surface area (Å²) in [6.07, 6.45) is 33.0. The maximum absolute atomic E-state index is 12.6. The van der Waals surface area contributed by atoms with Crippen LogP contribution in [0.15, 0.2) is 0 Å². The van der Waals surface area contributed by atoms with Crippen LogP contribution in [-0.2, 0) is 9.59 Å². The molecule has 0 aliphatic heterocycles. The zero-order valence-corrected chi connectivity index (χ0v) is 34.2. The van der Waals surface area contributed by atoms with Crippen LogP contribution in [0.5, 0.6) is 0 Å². The number of nitrogens with one attached hydrogen (secondary N) is 2. The van der Waals surface area contributed by atoms with E-state index >= 15 is 0 Å². The van der Waals surface area contributed by atoms with Crippen molar-refractivity contribution < 1.29 is 12.4 Å². The molecule has 8 heteroatoms. The first-order chi connectivity index (χ1) is 23.5. The molecule has 0 aromatic heterocycles. The van der Waals surface area contributed by atoms with Gasteiger partial charge in [0.05, 0.1) is 0 Å². The normalized spacial score (nSPS) is 11.5. The molecule has 0 bridgehead atoms. The highest BCUT2D eigenvalue weighted by molar-refractivity contribution is 8.76. The van der Waals surface area contributed by atoms with Gasteiger partial charge in [-0.1, -0.05) is 177 Å². The minimum Gasteiger partial charge on any atom is -0.356 e. The Kier molecular flexibility index (Phi) is 39.0. The summed E-state index contributed by atoms with van der Waals surface area (Å²) in [6, 6.07) is 0. The lowest BCUT2D eigenvalue weighted by Gasteiger charge is -2.21. The van der Waals surface area contributed by atoms with Crippen molar-refractivity contribution in [2.24, 2.45) is 0 Å². The quantitative estimate of drug-likeness (QED) is 0.0487. The molecular formula is C40H86N4O2S2. The zero-order valence-electron chi connectivity index (χ0n) is 32.6. The number of carbonyl (C=O) groups is 2. The Balaban J connectivity index is -0.0000110. The average Bonchev–Trinajstić information content (AvgIpc) is 3.07. The van der Waals surface area contributed by atoms with Gasteiger partial charge in [0.15, 0.2) is 0 Å². The third-order valence-corrected chi connectivity index (χ3v) is 11.6. The van der Waals surface area contributed by atoms with Crippen molar-refractivity contribution in [3.63, 3.8) is 0 Å². The summed E-state index contributed by atoms with van der Waals surface area (Å²) in [7, 11) is 8.04. The molecule has 0 aromatic carbocycles. The van der Waals surface area contributed by atoms with Crippen LogP contribution < -0.4 is 10.6 Å². The van der Waals surface area contributed by atoms with E-state index in [0.717, 1.165) is 63.6 Å². The molecule has 2 amide bonds. The summed E-state index contributed by atoms with van der Waals surface area (Å²) in [4.78, 5) is 29.7. The summed E-state index contributed by atoms with van der Waals surface area (Å²) in [6.45, 7) is 9.57. The minimum atomic E-state index is 0. The Morgan fingerprint density at radius 1 is 0.458 bits per heavy atom. The highest BCUT2D eigenvalue weighted by Crippen LogP contribution is 2.21. The maximum Gasteiger partial charge on any atom is 0.221 e. The van der Waals surface area contributed by atoms with E-state index in [2.05, 4.69) is 48.4 Å². The highest BCUT2D eigenvalue weighted by atomic mass is 33.1. The average molecular weight is 719 g/mol. The molecule has 0 aliphatic rings. The molecule has 0 aromatic rings. The molecule has 0 saturated heterocycles. The van der Waals surface area contributed by atoms with E-state index in [4.69, 9.17) is 0 Å². The van der Waals surface area contributed by atoms with E-state index in [1.807, 2.05) is 21.6 Å². The molecule has 0 radical (unpaired) electrons. The van der Waals surface area contributed by atoms with Crippen LogP contribution in [0, 0.1) is 0 Å². The molecule has 0 fully saturated rings. The van der Waals surface area contributed by atoms with Crippen LogP contribution in [-0.4, -0.2) is 86.5 Å². The summed E-state index contributed by atoms with van der Waals surface area (Å²) in [5.74, 6) is 2.42. The number of hydrogen-bond acceptors (Lipinski definition) is 6. The van der Waals surface area contributed by atoms with Gasteiger partial charge in [-0.3, -0.25) is 9.59 Å². The topological polar surface area (TPSA) is 64.7 Å². The first-order valence-electron chi connectivity index (χ1n) is 20.6. The fourth-order valence-corrected chi connectivity index (χ4v) is 8.09. The third kappa shape index (κ3) is 38.4. The molecule has 2 N–H and O–H groups in total. The molecule has 0 atom stereocenters. The molecule has 290 valence electrons. The third-order valence-electron chi connectivity index (χ3n) is 9.21. The van der Waals surface area contributed by atoms with E-state index < -0.39 is 0 Å². The SMILES string of the molecule is CCCCCCCCCCCCCCNC(=O)CCN(CCSSCCN(C)C)CCC(=O)NCCCCCCCCCCCCCC.[HH].[HH]. The van der Waals surface area contributed by atoms with Gasteiger partial charge in [-0.15, -0.1) is 0 Å². The van der Waals surface area contributed by atoms with Gasteiger partial charge in [0.25, 0.3) is 0 Å². The Labute approximate surface area is 311 Å². The summed E-state index contributed by atoms with van der Waals surface area (Å²) >= 11 is 0. The fourth-order valence-electron chi connectivity index (χ4n) is 5.92. The van der Waals surface area contributed by atoms with Crippen LogP contribution >= 0.6 is 21.6 Å². The van der Waals surface area contributed by atoms with Crippen molar-refractivity contribution in [3.05, 3.63) is 0 Å². The number of amides is 2. The van der Waals surface area contributed by atoms with Gasteiger partial charge in [-0.25, -0.2) is 0 Å². The molecule has 48 heavy (non-hydrogen) atoms. The van der Waals surface area contributed by atoms with Gasteiger partial charge in [-0.2, -0.15) is 0 Å². The van der Waals surface area contributed by atoms with Gasteiger partial charge in [0.2, 0.25) is 11.8 Å². The molecule has 0 spiro atoms. The monoisotopic (exact) mass is 719 g/mol. The lowest BCUT2D eigenvalue weighted by Crippen LogP contribution is -2.35. The van der Waals surface area contributed by atoms with Crippen molar-refractivity contribution >= 4 is 33.4 Å². The second-order valence-electron chi connectivity index (χ2n) is 14.3. The van der Waals surface area contributed by atoms with Gasteiger partial charge in [-0.05, 0) is 26.9 Å². The van der Waals surface area contributed by atoms with Gasteiger partial charge in [0.1, 0.15) is 0 Å². The number of nitrogens with zero attached hydrogens (tertiary/aromatic N) is 2. The molecule has 0 aliphatic carbocycles. The van der Waals surface area contributed by atoms with Crippen LogP contribution in [0.3, 0.4) is 0 Å². The van der Waals surface area contributed by atoms with Gasteiger partial charge >= 0.3 is 0 Å². The highest BCUT2D eigenvalue weighted by Gasteiger charge is 2.11. The van der Waals surface area contributed by atoms with E-state index in [-0.39, 0.29) is 14.7 Å². The predicted molar refractivity (Wildman–Crippen MR) is 222 cm³/mol. The molecule has 6 nitrogen and oxygen atoms in total. The number of hydrogen-bond donors (Lipinski definition) is 2. The Hall–Kier alpha value is -0.440. The Morgan fingerprint density at radius 2 is 0.771 bits per heavy atom. The standard InChI is InChI=1S/C40H82N4O2S2.2H2/c1-5-7-9-11-13-15-17-19-21-23-25-27-31-41-39(45)29-33-44(36-38-48-47-37-35-43(3)4)34-30-40(46)42-32-28-26-24-22-20-18-16-14-12-10-8-6-2;;/h5-38H2,1-4H3,(H,41,45)(H,42,46);2*1H. The maximum atomic E-state index is 12.6. The second-order valence-corrected chi connectivity index (χ2v) is 17.0. The smallest absolute Gasteiger partial charge is 0.221 e. The first-order valence-corrected chi connectivity index (χ1v) is 23.1. The number of carbonyl (C=O) groups excluding carboxylic acids is 2. The van der Waals surface area contributed by atoms with Crippen LogP contribution in [0.1, 0.15) is 184 Å². The van der Waals surface area contributed by atoms with E-state index in [1.165, 1.54) is 141 Å². The van der Waals surface area contributed by atoms with E-state index in [1.54, 1.807) is 0 Å². The van der Waals surface area contributed by atoms with Gasteiger partial charge < -0.3 is 20.4 Å². The van der Waals surface area contributed by atoms with Crippen LogP contribution in [0.2, 0.25) is 0 Å². The van der Waals surface area contributed by atoms with Crippen LogP contribution in [0.25, 0.3) is 0 Å². The molecular weight excluding hydrogens is 633 g/mol. The predicted octanol–water partition coefficient (Wildman–Crippen LogP) is 11.1. The van der Waals surface area contributed by atoms with Crippen molar-refractivity contribution in [3.8, 4) is 0 Å². The van der Waals surface area contributed by atoms with Gasteiger partial charge in [0, 0.05) is 66.5 Å². The number of rotatable bonds is 39. The molecule has 0 heterocycles. The van der Waals surface area contributed by atoms with Crippen LogP contribution in [0.4, 0.5) is 0 Å². The lowest BCUT2D eigenvalue weighted by atomic mass is 10.1. The Bertz CT molecular complexity index is 650. The summed E-state index contributed by atoms with van der Waals surface area (Å²) in [5, 5.41) is 6.28. The Morgan fingerprint density at radius 3 is 1.10 bits per heavy atom. The van der Waals surface area contributed by atoms with E-state index in [9.17, 15) is 9.59 Å². The number of unbranched alkanes of at least 4 members (excludes halogenated alkanes) is 22. The summed E-state index contributed by atoms with van der Waals surface area (Å²) < 4.78 is 0. The van der Waals surface area contributed by atoms with Crippen molar-refractivity contribution in [1.82, 2.24) is 20.4 Å². The van der Waals surface area contributed by atoms with E-state index in [0.29, 0.717) is 12.8 Å². The van der Waals surface area contributed by atoms with Crippen molar-refractivity contribution in [2.45, 2.75) is 181 Å². The molecule has 0 saturated carbocycles. The second kappa shape index (κ2) is 39.3. The minimum absolute atomic E-state index is 0. The molecule has 0 rings (SSSR count). The fraction of sp³-hybridized carbons (Fsp3) is 0.950. The largest absolute Gasteiger partial charge is 0.356 e. The summed E-state index contributed by atoms with van der Waals surface area (Å²) in [5.41, 5.74) is 0. The molecule has 0 unspecified atom stereocenters. The lowest BCUT2D eigenvalue weighted by molar-refractivity contribution is -0.121.